The van der Waals surface area contributed by atoms with Gasteiger partial charge in [-0.15, -0.1) is 5.75 Å². The van der Waals surface area contributed by atoms with Crippen LogP contribution in [0, 0.1) is 6.92 Å². The van der Waals surface area contributed by atoms with Gasteiger partial charge >= 0.3 is 29.6 Å². The predicted octanol–water partition coefficient (Wildman–Crippen LogP) is -1.27. The minimum Gasteiger partial charge on any atom is -0.872 e. The van der Waals surface area contributed by atoms with Gasteiger partial charge in [0.15, 0.2) is 0 Å². The number of aryl methyl sites for hydroxylation is 1. The maximum atomic E-state index is 10.6. The molecule has 0 aliphatic carbocycles. The maximum absolute atomic E-state index is 10.6. The summed E-state index contributed by atoms with van der Waals surface area (Å²) in [5, 5.41) is 11.1. The molecule has 0 aliphatic rings. The molecule has 48 valence electrons. The van der Waals surface area contributed by atoms with Crippen LogP contribution in [0.5, 0.6) is 5.75 Å². The van der Waals surface area contributed by atoms with Gasteiger partial charge in [-0.1, -0.05) is 29.8 Å². The van der Waals surface area contributed by atoms with Crippen LogP contribution in [0.25, 0.3) is 0 Å². The van der Waals surface area contributed by atoms with Gasteiger partial charge in [0.25, 0.3) is 0 Å². The van der Waals surface area contributed by atoms with Crippen LogP contribution in [0.3, 0.4) is 0 Å². The van der Waals surface area contributed by atoms with Crippen LogP contribution in [-0.4, -0.2) is 0 Å². The van der Waals surface area contributed by atoms with E-state index in [-0.39, 0.29) is 35.3 Å². The third-order valence-electron chi connectivity index (χ3n) is 1.14. The van der Waals surface area contributed by atoms with Crippen molar-refractivity contribution in [1.29, 1.82) is 0 Å². The molecule has 1 aromatic carbocycles. The van der Waals surface area contributed by atoms with E-state index in [9.17, 15) is 5.11 Å². The molecule has 0 N–H and O–H groups in total. The quantitative estimate of drug-likeness (QED) is 0.439. The van der Waals surface area contributed by atoms with Crippen molar-refractivity contribution in [3.63, 3.8) is 0 Å². The third kappa shape index (κ3) is 2.51. The topological polar surface area (TPSA) is 23.1 Å². The fraction of sp³-hybridized carbons (Fsp3) is 0.143. The van der Waals surface area contributed by atoms with Gasteiger partial charge in [-0.05, 0) is 12.5 Å². The van der Waals surface area contributed by atoms with Crippen molar-refractivity contribution in [3.05, 3.63) is 28.8 Å². The molecular formula is C7H6ClNaO. The Labute approximate surface area is 87.3 Å². The fourth-order valence-electron chi connectivity index (χ4n) is 0.574. The molecule has 0 unspecified atom stereocenters. The molecule has 10 heavy (non-hydrogen) atoms. The van der Waals surface area contributed by atoms with Crippen LogP contribution in [0.2, 0.25) is 5.02 Å². The van der Waals surface area contributed by atoms with E-state index in [1.54, 1.807) is 6.07 Å². The van der Waals surface area contributed by atoms with Gasteiger partial charge in [0.1, 0.15) is 0 Å². The summed E-state index contributed by atoms with van der Waals surface area (Å²) in [5.41, 5.74) is 0.941. The summed E-state index contributed by atoms with van der Waals surface area (Å²) in [6.07, 6.45) is 0. The van der Waals surface area contributed by atoms with E-state index in [1.807, 2.05) is 6.92 Å². The Kier molecular flexibility index (Phi) is 4.37. The minimum atomic E-state index is -0.0365. The molecule has 1 aromatic rings. The van der Waals surface area contributed by atoms with E-state index in [1.165, 1.54) is 12.1 Å². The first-order valence-electron chi connectivity index (χ1n) is 2.63. The zero-order chi connectivity index (χ0) is 6.85. The molecule has 1 nitrogen and oxygen atoms in total. The summed E-state index contributed by atoms with van der Waals surface area (Å²) in [6, 6.07) is 4.63. The van der Waals surface area contributed by atoms with Crippen molar-refractivity contribution in [2.75, 3.05) is 0 Å². The normalized spacial score (nSPS) is 8.60. The van der Waals surface area contributed by atoms with Crippen LogP contribution < -0.4 is 34.7 Å². The van der Waals surface area contributed by atoms with Gasteiger partial charge in [0.05, 0.1) is 0 Å². The Morgan fingerprint density at radius 3 is 2.40 bits per heavy atom. The molecule has 0 fully saturated rings. The van der Waals surface area contributed by atoms with Gasteiger partial charge < -0.3 is 5.11 Å². The first-order chi connectivity index (χ1) is 4.20. The summed E-state index contributed by atoms with van der Waals surface area (Å²) >= 11 is 5.61. The standard InChI is InChI=1S/C7H7ClO.Na/c1-5-2-3-6(9)4-7(5)8;/h2-4,9H,1H3;/q;+1/p-1. The van der Waals surface area contributed by atoms with Gasteiger partial charge in [-0.2, -0.15) is 0 Å². The molecule has 0 saturated carbocycles. The van der Waals surface area contributed by atoms with Gasteiger partial charge in [0, 0.05) is 5.02 Å². The first-order valence-corrected chi connectivity index (χ1v) is 3.01. The second-order valence-electron chi connectivity index (χ2n) is 1.91. The molecule has 0 spiro atoms. The number of hydrogen-bond acceptors (Lipinski definition) is 1. The van der Waals surface area contributed by atoms with E-state index in [0.717, 1.165) is 5.56 Å². The molecule has 3 heteroatoms. The summed E-state index contributed by atoms with van der Waals surface area (Å²) in [6.45, 7) is 1.86. The van der Waals surface area contributed by atoms with Crippen LogP contribution in [0.15, 0.2) is 18.2 Å². The Morgan fingerprint density at radius 1 is 1.40 bits per heavy atom. The smallest absolute Gasteiger partial charge is 0.872 e. The van der Waals surface area contributed by atoms with E-state index in [4.69, 9.17) is 11.6 Å². The molecule has 0 bridgehead atoms. The maximum Gasteiger partial charge on any atom is 1.00 e. The molecule has 0 aromatic heterocycles. The Balaban J connectivity index is 0.000000810. The van der Waals surface area contributed by atoms with Gasteiger partial charge in [-0.3, -0.25) is 0 Å². The van der Waals surface area contributed by atoms with Crippen LogP contribution >= 0.6 is 11.6 Å². The number of hydrogen-bond donors (Lipinski definition) is 0. The van der Waals surface area contributed by atoms with Crippen LogP contribution in [0.1, 0.15) is 5.56 Å². The van der Waals surface area contributed by atoms with E-state index < -0.39 is 0 Å². The number of rotatable bonds is 0. The second kappa shape index (κ2) is 4.24. The average molecular weight is 165 g/mol. The van der Waals surface area contributed by atoms with E-state index >= 15 is 0 Å². The van der Waals surface area contributed by atoms with Crippen molar-refractivity contribution in [2.24, 2.45) is 0 Å². The average Bonchev–Trinajstić information content (AvgIpc) is 1.80. The molecule has 0 aliphatic heterocycles. The predicted molar refractivity (Wildman–Crippen MR) is 35.6 cm³/mol. The zero-order valence-electron chi connectivity index (χ0n) is 6.02. The van der Waals surface area contributed by atoms with Crippen molar-refractivity contribution >= 4 is 11.6 Å². The first kappa shape index (κ1) is 10.3. The SMILES string of the molecule is Cc1ccc([O-])cc1Cl.[Na+]. The summed E-state index contributed by atoms with van der Waals surface area (Å²) in [4.78, 5) is 0. The molecular weight excluding hydrogens is 159 g/mol. The molecule has 1 rings (SSSR count). The van der Waals surface area contributed by atoms with Gasteiger partial charge in [-0.25, -0.2) is 0 Å². The third-order valence-corrected chi connectivity index (χ3v) is 1.55. The van der Waals surface area contributed by atoms with Crippen molar-refractivity contribution in [2.45, 2.75) is 6.92 Å². The minimum absolute atomic E-state index is 0. The van der Waals surface area contributed by atoms with Crippen molar-refractivity contribution < 1.29 is 34.7 Å². The zero-order valence-corrected chi connectivity index (χ0v) is 8.77. The Morgan fingerprint density at radius 2 is 2.00 bits per heavy atom. The molecule has 0 radical (unpaired) electrons. The Bertz CT molecular complexity index is 225. The van der Waals surface area contributed by atoms with Gasteiger partial charge in [0.2, 0.25) is 0 Å². The Hall–Kier alpha value is 0.310. The fourth-order valence-corrected chi connectivity index (χ4v) is 0.744. The molecule has 0 amide bonds. The molecule has 0 saturated heterocycles. The second-order valence-corrected chi connectivity index (χ2v) is 2.32. The summed E-state index contributed by atoms with van der Waals surface area (Å²) < 4.78 is 0. The monoisotopic (exact) mass is 164 g/mol. The number of halogens is 1. The number of benzene rings is 1. The van der Waals surface area contributed by atoms with E-state index in [2.05, 4.69) is 0 Å². The molecule has 0 heterocycles. The summed E-state index contributed by atoms with van der Waals surface area (Å²) in [5.74, 6) is -0.0365. The summed E-state index contributed by atoms with van der Waals surface area (Å²) in [7, 11) is 0. The van der Waals surface area contributed by atoms with Crippen molar-refractivity contribution in [3.8, 4) is 5.75 Å². The van der Waals surface area contributed by atoms with Crippen molar-refractivity contribution in [1.82, 2.24) is 0 Å². The molecule has 0 atom stereocenters. The van der Waals surface area contributed by atoms with Crippen LogP contribution in [0.4, 0.5) is 0 Å². The van der Waals surface area contributed by atoms with Crippen LogP contribution in [-0.2, 0) is 0 Å². The van der Waals surface area contributed by atoms with E-state index in [0.29, 0.717) is 5.02 Å². The largest absolute Gasteiger partial charge is 1.00 e.